The molecule has 0 saturated heterocycles. The summed E-state index contributed by atoms with van der Waals surface area (Å²) in [5.41, 5.74) is 0. The van der Waals surface area contributed by atoms with Crippen LogP contribution in [0.2, 0.25) is 5.02 Å². The summed E-state index contributed by atoms with van der Waals surface area (Å²) in [4.78, 5) is 13.5. The predicted octanol–water partition coefficient (Wildman–Crippen LogP) is 3.02. The van der Waals surface area contributed by atoms with Crippen LogP contribution in [0.5, 0.6) is 0 Å². The maximum atomic E-state index is 12.2. The van der Waals surface area contributed by atoms with Gasteiger partial charge in [-0.3, -0.25) is 4.79 Å². The lowest BCUT2D eigenvalue weighted by Crippen LogP contribution is -2.32. The summed E-state index contributed by atoms with van der Waals surface area (Å²) in [6.07, 6.45) is 0.0298. The number of nitrogens with zero attached hydrogens (tertiary/aromatic N) is 1. The van der Waals surface area contributed by atoms with E-state index in [2.05, 4.69) is 20.7 Å². The van der Waals surface area contributed by atoms with Crippen molar-refractivity contribution in [3.8, 4) is 0 Å². The molecule has 6 nitrogen and oxygen atoms in total. The standard InChI is InChI=1S/C15H16BrClN2O4S/c1-19(10-11-6-7-14(16)23-11)15(20)8-9-18-24(21,22)13-5-3-2-4-12(13)17/h2-7,18H,8-10H2,1H3. The predicted molar refractivity (Wildman–Crippen MR) is 94.1 cm³/mol. The van der Waals surface area contributed by atoms with Gasteiger partial charge in [0.25, 0.3) is 0 Å². The number of rotatable bonds is 7. The van der Waals surface area contributed by atoms with Crippen LogP contribution in [0.4, 0.5) is 0 Å². The number of hydrogen-bond donors (Lipinski definition) is 1. The Labute approximate surface area is 154 Å². The van der Waals surface area contributed by atoms with Crippen molar-refractivity contribution in [2.75, 3.05) is 13.6 Å². The van der Waals surface area contributed by atoms with E-state index in [-0.39, 0.29) is 28.8 Å². The Hall–Kier alpha value is -1.35. The quantitative estimate of drug-likeness (QED) is 0.725. The van der Waals surface area contributed by atoms with Gasteiger partial charge in [-0.2, -0.15) is 0 Å². The molecule has 0 aliphatic carbocycles. The summed E-state index contributed by atoms with van der Waals surface area (Å²) in [5.74, 6) is 0.429. The zero-order valence-corrected chi connectivity index (χ0v) is 16.0. The van der Waals surface area contributed by atoms with Crippen molar-refractivity contribution in [1.82, 2.24) is 9.62 Å². The van der Waals surface area contributed by atoms with Gasteiger partial charge in [0.2, 0.25) is 15.9 Å². The largest absolute Gasteiger partial charge is 0.452 e. The van der Waals surface area contributed by atoms with Gasteiger partial charge in [-0.15, -0.1) is 0 Å². The number of hydrogen-bond acceptors (Lipinski definition) is 4. The first-order valence-electron chi connectivity index (χ1n) is 7.02. The van der Waals surface area contributed by atoms with Crippen LogP contribution in [-0.4, -0.2) is 32.8 Å². The summed E-state index contributed by atoms with van der Waals surface area (Å²) in [6, 6.07) is 9.64. The molecule has 0 radical (unpaired) electrons. The third kappa shape index (κ3) is 5.07. The summed E-state index contributed by atoms with van der Waals surface area (Å²) in [5, 5.41) is 0.136. The molecule has 0 fully saturated rings. The van der Waals surface area contributed by atoms with Gasteiger partial charge in [0.15, 0.2) is 4.67 Å². The molecule has 0 unspecified atom stereocenters. The van der Waals surface area contributed by atoms with Crippen molar-refractivity contribution in [3.63, 3.8) is 0 Å². The molecule has 0 saturated carbocycles. The average molecular weight is 436 g/mol. The minimum Gasteiger partial charge on any atom is -0.452 e. The van der Waals surface area contributed by atoms with E-state index >= 15 is 0 Å². The van der Waals surface area contributed by atoms with E-state index in [9.17, 15) is 13.2 Å². The van der Waals surface area contributed by atoms with Crippen molar-refractivity contribution >= 4 is 43.5 Å². The third-order valence-corrected chi connectivity index (χ3v) is 5.59. The minimum atomic E-state index is -3.75. The topological polar surface area (TPSA) is 79.6 Å². The molecule has 24 heavy (non-hydrogen) atoms. The van der Waals surface area contributed by atoms with Crippen LogP contribution in [0.15, 0.2) is 50.4 Å². The molecule has 130 valence electrons. The number of furan rings is 1. The van der Waals surface area contributed by atoms with Gasteiger partial charge in [-0.05, 0) is 40.2 Å². The van der Waals surface area contributed by atoms with E-state index < -0.39 is 10.0 Å². The normalized spacial score (nSPS) is 11.5. The van der Waals surface area contributed by atoms with Gasteiger partial charge in [0, 0.05) is 20.0 Å². The molecule has 1 aromatic heterocycles. The van der Waals surface area contributed by atoms with E-state index in [1.807, 2.05) is 0 Å². The Morgan fingerprint density at radius 2 is 2.00 bits per heavy atom. The van der Waals surface area contributed by atoms with Crippen molar-refractivity contribution < 1.29 is 17.6 Å². The highest BCUT2D eigenvalue weighted by molar-refractivity contribution is 9.10. The van der Waals surface area contributed by atoms with Crippen LogP contribution < -0.4 is 4.72 Å². The van der Waals surface area contributed by atoms with E-state index in [0.717, 1.165) is 0 Å². The SMILES string of the molecule is CN(Cc1ccc(Br)o1)C(=O)CCNS(=O)(=O)c1ccccc1Cl. The first kappa shape index (κ1) is 19.0. The Bertz CT molecular complexity index is 822. The highest BCUT2D eigenvalue weighted by atomic mass is 79.9. The molecule has 0 atom stereocenters. The molecule has 1 aromatic carbocycles. The molecule has 2 rings (SSSR count). The first-order valence-corrected chi connectivity index (χ1v) is 9.67. The van der Waals surface area contributed by atoms with Crippen molar-refractivity contribution in [2.24, 2.45) is 0 Å². The highest BCUT2D eigenvalue weighted by Gasteiger charge is 2.18. The Balaban J connectivity index is 1.86. The second-order valence-corrected chi connectivity index (χ2v) is 7.96. The molecule has 0 spiro atoms. The number of halogens is 2. The number of sulfonamides is 1. The molecular formula is C15H16BrClN2O4S. The molecule has 1 heterocycles. The number of benzene rings is 1. The first-order chi connectivity index (χ1) is 11.3. The third-order valence-electron chi connectivity index (χ3n) is 3.20. The monoisotopic (exact) mass is 434 g/mol. The highest BCUT2D eigenvalue weighted by Crippen LogP contribution is 2.20. The van der Waals surface area contributed by atoms with Crippen LogP contribution in [0.3, 0.4) is 0 Å². The van der Waals surface area contributed by atoms with Crippen molar-refractivity contribution in [3.05, 3.63) is 51.9 Å². The lowest BCUT2D eigenvalue weighted by molar-refractivity contribution is -0.130. The molecule has 9 heteroatoms. The average Bonchev–Trinajstić information content (AvgIpc) is 2.92. The van der Waals surface area contributed by atoms with Crippen LogP contribution in [0.1, 0.15) is 12.2 Å². The van der Waals surface area contributed by atoms with Gasteiger partial charge in [-0.1, -0.05) is 23.7 Å². The minimum absolute atomic E-state index is 0.00657. The summed E-state index contributed by atoms with van der Waals surface area (Å²) < 4.78 is 32.6. The molecule has 0 aliphatic rings. The fraction of sp³-hybridized carbons (Fsp3) is 0.267. The zero-order chi connectivity index (χ0) is 17.7. The molecular weight excluding hydrogens is 420 g/mol. The van der Waals surface area contributed by atoms with E-state index in [0.29, 0.717) is 17.0 Å². The Morgan fingerprint density at radius 1 is 1.29 bits per heavy atom. The molecule has 2 aromatic rings. The molecule has 0 bridgehead atoms. The van der Waals surface area contributed by atoms with Gasteiger partial charge in [0.1, 0.15) is 10.7 Å². The summed E-state index contributed by atoms with van der Waals surface area (Å²) in [7, 11) is -2.12. The lowest BCUT2D eigenvalue weighted by atomic mass is 10.3. The van der Waals surface area contributed by atoms with Crippen LogP contribution >= 0.6 is 27.5 Å². The van der Waals surface area contributed by atoms with Gasteiger partial charge >= 0.3 is 0 Å². The van der Waals surface area contributed by atoms with Crippen molar-refractivity contribution in [2.45, 2.75) is 17.9 Å². The summed E-state index contributed by atoms with van der Waals surface area (Å²) >= 11 is 9.08. The molecule has 0 aliphatic heterocycles. The number of carbonyl (C=O) groups excluding carboxylic acids is 1. The molecule has 1 amide bonds. The lowest BCUT2D eigenvalue weighted by Gasteiger charge is -2.16. The fourth-order valence-electron chi connectivity index (χ4n) is 1.98. The number of amides is 1. The van der Waals surface area contributed by atoms with Gasteiger partial charge in [-0.25, -0.2) is 13.1 Å². The van der Waals surface area contributed by atoms with E-state index in [4.69, 9.17) is 16.0 Å². The second kappa shape index (κ2) is 8.15. The van der Waals surface area contributed by atoms with Crippen LogP contribution in [0.25, 0.3) is 0 Å². The van der Waals surface area contributed by atoms with Gasteiger partial charge < -0.3 is 9.32 Å². The maximum absolute atomic E-state index is 12.2. The second-order valence-electron chi connectivity index (χ2n) is 5.03. The number of carbonyl (C=O) groups is 1. The maximum Gasteiger partial charge on any atom is 0.242 e. The van der Waals surface area contributed by atoms with Gasteiger partial charge in [0.05, 0.1) is 11.6 Å². The molecule has 1 N–H and O–H groups in total. The Kier molecular flexibility index (Phi) is 6.45. The number of nitrogens with one attached hydrogen (secondary N) is 1. The van der Waals surface area contributed by atoms with Crippen LogP contribution in [0, 0.1) is 0 Å². The summed E-state index contributed by atoms with van der Waals surface area (Å²) in [6.45, 7) is 0.292. The Morgan fingerprint density at radius 3 is 2.62 bits per heavy atom. The van der Waals surface area contributed by atoms with Crippen LogP contribution in [-0.2, 0) is 21.4 Å². The fourth-order valence-corrected chi connectivity index (χ4v) is 3.87. The smallest absolute Gasteiger partial charge is 0.242 e. The zero-order valence-electron chi connectivity index (χ0n) is 12.8. The van der Waals surface area contributed by atoms with E-state index in [1.54, 1.807) is 31.3 Å². The van der Waals surface area contributed by atoms with Crippen molar-refractivity contribution in [1.29, 1.82) is 0 Å². The van der Waals surface area contributed by atoms with E-state index in [1.165, 1.54) is 17.0 Å².